The maximum Gasteiger partial charge on any atom is 0.123 e. The van der Waals surface area contributed by atoms with Crippen molar-refractivity contribution in [1.29, 1.82) is 0 Å². The molecule has 0 aromatic heterocycles. The van der Waals surface area contributed by atoms with E-state index in [2.05, 4.69) is 22.0 Å². The lowest BCUT2D eigenvalue weighted by Gasteiger charge is -2.03. The van der Waals surface area contributed by atoms with Crippen LogP contribution in [0.4, 0.5) is 0 Å². The van der Waals surface area contributed by atoms with Crippen molar-refractivity contribution in [2.75, 3.05) is 13.2 Å². The second-order valence-electron chi connectivity index (χ2n) is 2.93. The van der Waals surface area contributed by atoms with E-state index in [0.717, 1.165) is 16.8 Å². The summed E-state index contributed by atoms with van der Waals surface area (Å²) in [7, 11) is 0. The molecule has 2 rings (SSSR count). The van der Waals surface area contributed by atoms with Crippen LogP contribution in [0.1, 0.15) is 11.5 Å². The minimum Gasteiger partial charge on any atom is -0.493 e. The fraction of sp³-hybridized carbons (Fsp3) is 0.333. The summed E-state index contributed by atoms with van der Waals surface area (Å²) in [6, 6.07) is 6.05. The summed E-state index contributed by atoms with van der Waals surface area (Å²) >= 11 is 3.43. The smallest absolute Gasteiger partial charge is 0.123 e. The predicted molar refractivity (Wildman–Crippen MR) is 51.4 cm³/mol. The highest BCUT2D eigenvalue weighted by Crippen LogP contribution is 2.34. The number of hydrogen-bond acceptors (Lipinski definition) is 2. The summed E-state index contributed by atoms with van der Waals surface area (Å²) in [5.41, 5.74) is 6.83. The fourth-order valence-corrected chi connectivity index (χ4v) is 1.82. The average Bonchev–Trinajstić information content (AvgIpc) is 2.46. The molecule has 0 spiro atoms. The lowest BCUT2D eigenvalue weighted by molar-refractivity contribution is 0.333. The number of rotatable bonds is 1. The monoisotopic (exact) mass is 227 g/mol. The zero-order chi connectivity index (χ0) is 8.55. The van der Waals surface area contributed by atoms with Gasteiger partial charge in [-0.3, -0.25) is 0 Å². The lowest BCUT2D eigenvalue weighted by atomic mass is 10.0. The first-order valence-electron chi connectivity index (χ1n) is 3.93. The molecule has 3 heteroatoms. The van der Waals surface area contributed by atoms with Gasteiger partial charge in [0.05, 0.1) is 6.61 Å². The number of hydrogen-bond donors (Lipinski definition) is 1. The Labute approximate surface area is 79.8 Å². The zero-order valence-corrected chi connectivity index (χ0v) is 8.17. The van der Waals surface area contributed by atoms with Crippen LogP contribution >= 0.6 is 15.9 Å². The average molecular weight is 228 g/mol. The van der Waals surface area contributed by atoms with Gasteiger partial charge in [-0.05, 0) is 18.2 Å². The van der Waals surface area contributed by atoms with Gasteiger partial charge in [-0.25, -0.2) is 0 Å². The van der Waals surface area contributed by atoms with E-state index in [4.69, 9.17) is 10.5 Å². The normalized spacial score (nSPS) is 20.3. The third kappa shape index (κ3) is 1.23. The molecule has 0 radical (unpaired) electrons. The molecule has 0 amide bonds. The van der Waals surface area contributed by atoms with Gasteiger partial charge < -0.3 is 10.5 Å². The first-order chi connectivity index (χ1) is 5.81. The van der Waals surface area contributed by atoms with Crippen LogP contribution in [0.5, 0.6) is 5.75 Å². The second-order valence-corrected chi connectivity index (χ2v) is 3.84. The third-order valence-corrected chi connectivity index (χ3v) is 2.63. The molecular weight excluding hydrogens is 218 g/mol. The number of fused-ring (bicyclic) bond motifs is 1. The highest BCUT2D eigenvalue weighted by atomic mass is 79.9. The van der Waals surface area contributed by atoms with Gasteiger partial charge in [-0.15, -0.1) is 0 Å². The van der Waals surface area contributed by atoms with E-state index in [0.29, 0.717) is 12.5 Å². The van der Waals surface area contributed by atoms with Crippen LogP contribution in [-0.4, -0.2) is 13.2 Å². The van der Waals surface area contributed by atoms with Gasteiger partial charge in [0, 0.05) is 22.5 Å². The SMILES string of the molecule is NC[C@H]1COc2ccc(Br)cc21. The Morgan fingerprint density at radius 2 is 2.42 bits per heavy atom. The third-order valence-electron chi connectivity index (χ3n) is 2.14. The van der Waals surface area contributed by atoms with Gasteiger partial charge in [-0.1, -0.05) is 15.9 Å². The molecular formula is C9H10BrNO. The first kappa shape index (κ1) is 8.08. The van der Waals surface area contributed by atoms with Gasteiger partial charge in [-0.2, -0.15) is 0 Å². The Balaban J connectivity index is 2.42. The fourth-order valence-electron chi connectivity index (χ4n) is 1.44. The summed E-state index contributed by atoms with van der Waals surface area (Å²) in [6.45, 7) is 1.38. The molecule has 2 nitrogen and oxygen atoms in total. The van der Waals surface area contributed by atoms with Crippen molar-refractivity contribution in [2.24, 2.45) is 5.73 Å². The van der Waals surface area contributed by atoms with Crippen molar-refractivity contribution < 1.29 is 4.74 Å². The van der Waals surface area contributed by atoms with Gasteiger partial charge in [0.25, 0.3) is 0 Å². The van der Waals surface area contributed by atoms with Crippen LogP contribution in [0.25, 0.3) is 0 Å². The van der Waals surface area contributed by atoms with E-state index in [9.17, 15) is 0 Å². The van der Waals surface area contributed by atoms with E-state index in [1.165, 1.54) is 5.56 Å². The molecule has 12 heavy (non-hydrogen) atoms. The molecule has 0 aliphatic carbocycles. The Bertz CT molecular complexity index is 301. The van der Waals surface area contributed by atoms with Gasteiger partial charge in [0.15, 0.2) is 0 Å². The van der Waals surface area contributed by atoms with E-state index in [1.54, 1.807) is 0 Å². The van der Waals surface area contributed by atoms with Crippen molar-refractivity contribution in [3.05, 3.63) is 28.2 Å². The van der Waals surface area contributed by atoms with Crippen LogP contribution in [0, 0.1) is 0 Å². The maximum atomic E-state index is 5.60. The molecule has 1 heterocycles. The second kappa shape index (κ2) is 3.07. The molecule has 0 unspecified atom stereocenters. The molecule has 0 saturated carbocycles. The summed E-state index contributed by atoms with van der Waals surface area (Å²) in [4.78, 5) is 0. The van der Waals surface area contributed by atoms with Crippen LogP contribution in [-0.2, 0) is 0 Å². The predicted octanol–water partition coefficient (Wildman–Crippen LogP) is 1.88. The molecule has 1 aliphatic heterocycles. The van der Waals surface area contributed by atoms with E-state index < -0.39 is 0 Å². The lowest BCUT2D eigenvalue weighted by Crippen LogP contribution is -2.13. The summed E-state index contributed by atoms with van der Waals surface area (Å²) in [5.74, 6) is 1.35. The van der Waals surface area contributed by atoms with Crippen molar-refractivity contribution in [1.82, 2.24) is 0 Å². The molecule has 2 N–H and O–H groups in total. The molecule has 0 fully saturated rings. The maximum absolute atomic E-state index is 5.60. The molecule has 64 valence electrons. The van der Waals surface area contributed by atoms with Crippen LogP contribution in [0.3, 0.4) is 0 Å². The van der Waals surface area contributed by atoms with Crippen LogP contribution in [0.15, 0.2) is 22.7 Å². The molecule has 1 aromatic carbocycles. The van der Waals surface area contributed by atoms with Gasteiger partial charge >= 0.3 is 0 Å². The van der Waals surface area contributed by atoms with Gasteiger partial charge in [0.2, 0.25) is 0 Å². The van der Waals surface area contributed by atoms with Crippen molar-refractivity contribution in [2.45, 2.75) is 5.92 Å². The van der Waals surface area contributed by atoms with Gasteiger partial charge in [0.1, 0.15) is 5.75 Å². The summed E-state index contributed by atoms with van der Waals surface area (Å²) in [5, 5.41) is 0. The molecule has 1 aromatic rings. The molecule has 1 atom stereocenters. The van der Waals surface area contributed by atoms with E-state index in [1.807, 2.05) is 12.1 Å². The van der Waals surface area contributed by atoms with E-state index in [-0.39, 0.29) is 0 Å². The van der Waals surface area contributed by atoms with Crippen LogP contribution < -0.4 is 10.5 Å². The topological polar surface area (TPSA) is 35.2 Å². The molecule has 0 bridgehead atoms. The standard InChI is InChI=1S/C9H10BrNO/c10-7-1-2-9-8(3-7)6(4-11)5-12-9/h1-3,6H,4-5,11H2/t6-/m0/s1. The Hall–Kier alpha value is -0.540. The number of ether oxygens (including phenoxy) is 1. The van der Waals surface area contributed by atoms with Crippen molar-refractivity contribution in [3.63, 3.8) is 0 Å². The molecule has 1 aliphatic rings. The summed E-state index contributed by atoms with van der Waals surface area (Å²) < 4.78 is 6.54. The highest BCUT2D eigenvalue weighted by Gasteiger charge is 2.22. The minimum atomic E-state index is 0.373. The van der Waals surface area contributed by atoms with Crippen molar-refractivity contribution >= 4 is 15.9 Å². The van der Waals surface area contributed by atoms with Crippen LogP contribution in [0.2, 0.25) is 0 Å². The Morgan fingerprint density at radius 1 is 1.58 bits per heavy atom. The number of nitrogens with two attached hydrogens (primary N) is 1. The highest BCUT2D eigenvalue weighted by molar-refractivity contribution is 9.10. The zero-order valence-electron chi connectivity index (χ0n) is 6.59. The summed E-state index contributed by atoms with van der Waals surface area (Å²) in [6.07, 6.45) is 0. The quantitative estimate of drug-likeness (QED) is 0.796. The first-order valence-corrected chi connectivity index (χ1v) is 4.73. The molecule has 0 saturated heterocycles. The van der Waals surface area contributed by atoms with E-state index >= 15 is 0 Å². The number of benzene rings is 1. The largest absolute Gasteiger partial charge is 0.493 e. The Kier molecular flexibility index (Phi) is 2.07. The Morgan fingerprint density at radius 3 is 3.17 bits per heavy atom. The minimum absolute atomic E-state index is 0.373. The van der Waals surface area contributed by atoms with Crippen molar-refractivity contribution in [3.8, 4) is 5.75 Å². The number of halogens is 1.